The van der Waals surface area contributed by atoms with Crippen LogP contribution in [0.15, 0.2) is 30.6 Å². The molecular weight excluding hydrogens is 346 g/mol. The van der Waals surface area contributed by atoms with Crippen molar-refractivity contribution >= 4 is 17.3 Å². The smallest absolute Gasteiger partial charge is 0.353 e. The third-order valence-corrected chi connectivity index (χ3v) is 5.10. The van der Waals surface area contributed by atoms with Gasteiger partial charge in [0.25, 0.3) is 0 Å². The Bertz CT molecular complexity index is 824. The molecule has 1 aromatic carbocycles. The first-order chi connectivity index (χ1) is 13.0. The average Bonchev–Trinajstić information content (AvgIpc) is 3.02. The molecule has 1 aliphatic heterocycles. The fraction of sp³-hybridized carbons (Fsp3) is 0.474. The summed E-state index contributed by atoms with van der Waals surface area (Å²) in [4.78, 5) is 21.9. The SMILES string of the molecule is CC1CN(c2ncnc(NC3Cc4ccccc4C3)c2[N+](=O)[O-])CC(C)O1. The second kappa shape index (κ2) is 7.11. The van der Waals surface area contributed by atoms with Crippen LogP contribution in [0.3, 0.4) is 0 Å². The van der Waals surface area contributed by atoms with Gasteiger partial charge >= 0.3 is 5.69 Å². The van der Waals surface area contributed by atoms with Crippen molar-refractivity contribution in [2.45, 2.75) is 44.9 Å². The maximum atomic E-state index is 11.9. The minimum Gasteiger partial charge on any atom is -0.372 e. The fourth-order valence-electron chi connectivity index (χ4n) is 4.08. The van der Waals surface area contributed by atoms with Gasteiger partial charge in [0.05, 0.1) is 17.1 Å². The van der Waals surface area contributed by atoms with Gasteiger partial charge in [-0.15, -0.1) is 0 Å². The van der Waals surface area contributed by atoms with Gasteiger partial charge in [-0.05, 0) is 37.8 Å². The average molecular weight is 369 g/mol. The van der Waals surface area contributed by atoms with E-state index >= 15 is 0 Å². The zero-order valence-corrected chi connectivity index (χ0v) is 15.5. The summed E-state index contributed by atoms with van der Waals surface area (Å²) >= 11 is 0. The zero-order chi connectivity index (χ0) is 19.0. The molecule has 1 aliphatic carbocycles. The van der Waals surface area contributed by atoms with E-state index in [0.29, 0.717) is 18.9 Å². The number of anilines is 2. The zero-order valence-electron chi connectivity index (χ0n) is 15.5. The molecule has 0 bridgehead atoms. The van der Waals surface area contributed by atoms with Gasteiger partial charge in [0.15, 0.2) is 0 Å². The normalized spacial score (nSPS) is 22.5. The highest BCUT2D eigenvalue weighted by molar-refractivity contribution is 5.71. The van der Waals surface area contributed by atoms with Crippen molar-refractivity contribution in [3.05, 3.63) is 51.8 Å². The van der Waals surface area contributed by atoms with Crippen LogP contribution in [0.1, 0.15) is 25.0 Å². The van der Waals surface area contributed by atoms with E-state index in [-0.39, 0.29) is 34.7 Å². The lowest BCUT2D eigenvalue weighted by atomic mass is 10.1. The molecule has 1 N–H and O–H groups in total. The summed E-state index contributed by atoms with van der Waals surface area (Å²) in [5.41, 5.74) is 2.50. The highest BCUT2D eigenvalue weighted by Gasteiger charge is 2.33. The molecule has 2 aromatic rings. The fourth-order valence-corrected chi connectivity index (χ4v) is 4.08. The van der Waals surface area contributed by atoms with E-state index in [1.807, 2.05) is 30.9 Å². The van der Waals surface area contributed by atoms with E-state index in [1.54, 1.807) is 0 Å². The molecule has 4 rings (SSSR count). The molecule has 142 valence electrons. The molecule has 2 aliphatic rings. The van der Waals surface area contributed by atoms with Crippen molar-refractivity contribution in [3.8, 4) is 0 Å². The summed E-state index contributed by atoms with van der Waals surface area (Å²) in [6.07, 6.45) is 3.04. The van der Waals surface area contributed by atoms with Crippen molar-refractivity contribution in [2.75, 3.05) is 23.3 Å². The summed E-state index contributed by atoms with van der Waals surface area (Å²) in [5.74, 6) is 0.643. The Morgan fingerprint density at radius 3 is 2.37 bits per heavy atom. The molecule has 27 heavy (non-hydrogen) atoms. The molecule has 2 heterocycles. The van der Waals surface area contributed by atoms with Crippen LogP contribution in [0.4, 0.5) is 17.3 Å². The number of aromatic nitrogens is 2. The lowest BCUT2D eigenvalue weighted by molar-refractivity contribution is -0.383. The Balaban J connectivity index is 1.61. The van der Waals surface area contributed by atoms with E-state index < -0.39 is 0 Å². The number of nitrogens with one attached hydrogen (secondary N) is 1. The van der Waals surface area contributed by atoms with E-state index in [0.717, 1.165) is 12.8 Å². The quantitative estimate of drug-likeness (QED) is 0.654. The van der Waals surface area contributed by atoms with Gasteiger partial charge in [-0.3, -0.25) is 10.1 Å². The standard InChI is InChI=1S/C19H23N5O3/c1-12-9-23(10-13(2)27-12)19-17(24(25)26)18(20-11-21-19)22-16-7-14-5-3-4-6-15(14)8-16/h3-6,11-13,16H,7-10H2,1-2H3,(H,20,21,22). The molecular formula is C19H23N5O3. The second-order valence-corrected chi connectivity index (χ2v) is 7.33. The number of hydrogen-bond donors (Lipinski definition) is 1. The molecule has 2 atom stereocenters. The summed E-state index contributed by atoms with van der Waals surface area (Å²) in [6, 6.07) is 8.34. The van der Waals surface area contributed by atoms with Gasteiger partial charge in [0, 0.05) is 19.1 Å². The Labute approximate surface area is 157 Å². The van der Waals surface area contributed by atoms with Gasteiger partial charge in [0.1, 0.15) is 6.33 Å². The van der Waals surface area contributed by atoms with Crippen LogP contribution in [-0.4, -0.2) is 46.2 Å². The number of nitro groups is 1. The summed E-state index contributed by atoms with van der Waals surface area (Å²) in [7, 11) is 0. The van der Waals surface area contributed by atoms with Crippen molar-refractivity contribution in [2.24, 2.45) is 0 Å². The number of nitrogens with zero attached hydrogens (tertiary/aromatic N) is 4. The first kappa shape index (κ1) is 17.7. The maximum absolute atomic E-state index is 11.9. The largest absolute Gasteiger partial charge is 0.372 e. The van der Waals surface area contributed by atoms with Crippen LogP contribution in [0, 0.1) is 10.1 Å². The monoisotopic (exact) mass is 369 g/mol. The molecule has 0 saturated carbocycles. The minimum atomic E-state index is -0.384. The Kier molecular flexibility index (Phi) is 4.65. The van der Waals surface area contributed by atoms with Gasteiger partial charge in [-0.25, -0.2) is 9.97 Å². The highest BCUT2D eigenvalue weighted by atomic mass is 16.6. The third kappa shape index (κ3) is 3.57. The number of morpholine rings is 1. The molecule has 1 saturated heterocycles. The van der Waals surface area contributed by atoms with Crippen LogP contribution in [0.25, 0.3) is 0 Å². The molecule has 2 unspecified atom stereocenters. The maximum Gasteiger partial charge on any atom is 0.353 e. The Hall–Kier alpha value is -2.74. The summed E-state index contributed by atoms with van der Waals surface area (Å²) < 4.78 is 5.74. The lowest BCUT2D eigenvalue weighted by Crippen LogP contribution is -2.46. The van der Waals surface area contributed by atoms with Crippen LogP contribution in [0.2, 0.25) is 0 Å². The van der Waals surface area contributed by atoms with Crippen molar-refractivity contribution in [3.63, 3.8) is 0 Å². The minimum absolute atomic E-state index is 0.0101. The van der Waals surface area contributed by atoms with Crippen LogP contribution in [-0.2, 0) is 17.6 Å². The first-order valence-corrected chi connectivity index (χ1v) is 9.24. The van der Waals surface area contributed by atoms with Crippen molar-refractivity contribution < 1.29 is 9.66 Å². The highest BCUT2D eigenvalue weighted by Crippen LogP contribution is 2.35. The lowest BCUT2D eigenvalue weighted by Gasteiger charge is -2.35. The number of rotatable bonds is 4. The second-order valence-electron chi connectivity index (χ2n) is 7.33. The van der Waals surface area contributed by atoms with Crippen LogP contribution >= 0.6 is 0 Å². The number of ether oxygens (including phenoxy) is 1. The molecule has 0 amide bonds. The van der Waals surface area contributed by atoms with Crippen LogP contribution in [0.5, 0.6) is 0 Å². The Morgan fingerprint density at radius 1 is 1.15 bits per heavy atom. The molecule has 1 fully saturated rings. The third-order valence-electron chi connectivity index (χ3n) is 5.10. The Morgan fingerprint density at radius 2 is 1.78 bits per heavy atom. The number of fused-ring (bicyclic) bond motifs is 1. The van der Waals surface area contributed by atoms with Gasteiger partial charge < -0.3 is 15.0 Å². The van der Waals surface area contributed by atoms with E-state index in [4.69, 9.17) is 4.74 Å². The van der Waals surface area contributed by atoms with Crippen molar-refractivity contribution in [1.82, 2.24) is 9.97 Å². The number of hydrogen-bond acceptors (Lipinski definition) is 7. The molecule has 8 heteroatoms. The summed E-state index contributed by atoms with van der Waals surface area (Å²) in [6.45, 7) is 5.06. The van der Waals surface area contributed by atoms with Crippen molar-refractivity contribution in [1.29, 1.82) is 0 Å². The van der Waals surface area contributed by atoms with E-state index in [9.17, 15) is 10.1 Å². The predicted octanol–water partition coefficient (Wildman–Crippen LogP) is 2.58. The van der Waals surface area contributed by atoms with Gasteiger partial charge in [0.2, 0.25) is 11.6 Å². The van der Waals surface area contributed by atoms with E-state index in [2.05, 4.69) is 27.4 Å². The topological polar surface area (TPSA) is 93.4 Å². The predicted molar refractivity (Wildman–Crippen MR) is 102 cm³/mol. The van der Waals surface area contributed by atoms with E-state index in [1.165, 1.54) is 17.5 Å². The molecule has 1 aromatic heterocycles. The molecule has 0 spiro atoms. The number of benzene rings is 1. The molecule has 0 radical (unpaired) electrons. The molecule has 8 nitrogen and oxygen atoms in total. The summed E-state index contributed by atoms with van der Waals surface area (Å²) in [5, 5.41) is 15.2. The first-order valence-electron chi connectivity index (χ1n) is 9.24. The van der Waals surface area contributed by atoms with Gasteiger partial charge in [-0.1, -0.05) is 24.3 Å². The van der Waals surface area contributed by atoms with Gasteiger partial charge in [-0.2, -0.15) is 0 Å². The van der Waals surface area contributed by atoms with Crippen LogP contribution < -0.4 is 10.2 Å².